The van der Waals surface area contributed by atoms with Gasteiger partial charge >= 0.3 is 6.03 Å². The van der Waals surface area contributed by atoms with Crippen molar-refractivity contribution in [2.75, 3.05) is 0 Å². The summed E-state index contributed by atoms with van der Waals surface area (Å²) in [4.78, 5) is 35.1. The van der Waals surface area contributed by atoms with Crippen molar-refractivity contribution in [2.24, 2.45) is 0 Å². The molecule has 1 aromatic carbocycles. The molecule has 3 N–H and O–H groups in total. The van der Waals surface area contributed by atoms with E-state index in [4.69, 9.17) is 0 Å². The molecule has 0 spiro atoms. The van der Waals surface area contributed by atoms with Crippen molar-refractivity contribution in [3.8, 4) is 0 Å². The van der Waals surface area contributed by atoms with E-state index in [1.807, 2.05) is 10.6 Å². The van der Waals surface area contributed by atoms with E-state index < -0.39 is 29.4 Å². The molecule has 1 atom stereocenters. The first-order valence-electron chi connectivity index (χ1n) is 5.40. The Hall–Kier alpha value is -2.21. The summed E-state index contributed by atoms with van der Waals surface area (Å²) in [7, 11) is 0. The van der Waals surface area contributed by atoms with Gasteiger partial charge in [0.15, 0.2) is 5.41 Å². The number of nitrogens with one attached hydrogen (secondary N) is 2. The molecule has 6 nitrogen and oxygen atoms in total. The SMILES string of the molecule is CC(O)C1(c2ccccc2)C(=O)NC(=O)NC1=O. The molecule has 18 heavy (non-hydrogen) atoms. The van der Waals surface area contributed by atoms with Gasteiger partial charge in [-0.2, -0.15) is 0 Å². The van der Waals surface area contributed by atoms with E-state index in [9.17, 15) is 19.5 Å². The molecule has 1 aromatic rings. The van der Waals surface area contributed by atoms with Gasteiger partial charge in [0.05, 0.1) is 6.10 Å². The zero-order valence-corrected chi connectivity index (χ0v) is 9.64. The molecule has 0 saturated carbocycles. The van der Waals surface area contributed by atoms with E-state index >= 15 is 0 Å². The second-order valence-corrected chi connectivity index (χ2v) is 4.09. The van der Waals surface area contributed by atoms with Crippen molar-refractivity contribution in [1.29, 1.82) is 0 Å². The van der Waals surface area contributed by atoms with Gasteiger partial charge in [-0.3, -0.25) is 20.2 Å². The van der Waals surface area contributed by atoms with E-state index in [1.165, 1.54) is 6.92 Å². The van der Waals surface area contributed by atoms with E-state index in [1.54, 1.807) is 30.3 Å². The van der Waals surface area contributed by atoms with E-state index in [0.29, 0.717) is 5.56 Å². The summed E-state index contributed by atoms with van der Waals surface area (Å²) in [6.07, 6.45) is -1.27. The summed E-state index contributed by atoms with van der Waals surface area (Å²) in [6.45, 7) is 1.34. The van der Waals surface area contributed by atoms with Crippen LogP contribution in [0.4, 0.5) is 4.79 Å². The monoisotopic (exact) mass is 248 g/mol. The number of benzene rings is 1. The first-order chi connectivity index (χ1) is 8.49. The Morgan fingerprint density at radius 2 is 1.56 bits per heavy atom. The summed E-state index contributed by atoms with van der Waals surface area (Å²) in [6, 6.07) is 7.26. The number of rotatable bonds is 2. The molecular formula is C12H12N2O4. The predicted molar refractivity (Wildman–Crippen MR) is 61.5 cm³/mol. The van der Waals surface area contributed by atoms with Gasteiger partial charge in [-0.05, 0) is 12.5 Å². The molecular weight excluding hydrogens is 236 g/mol. The molecule has 1 unspecified atom stereocenters. The molecule has 94 valence electrons. The summed E-state index contributed by atoms with van der Waals surface area (Å²) < 4.78 is 0. The summed E-state index contributed by atoms with van der Waals surface area (Å²) in [5, 5.41) is 13.9. The number of aliphatic hydroxyl groups excluding tert-OH is 1. The number of hydrogen-bond acceptors (Lipinski definition) is 4. The van der Waals surface area contributed by atoms with Gasteiger partial charge in [0, 0.05) is 0 Å². The third-order valence-corrected chi connectivity index (χ3v) is 3.03. The zero-order chi connectivity index (χ0) is 13.3. The molecule has 0 aromatic heterocycles. The third-order valence-electron chi connectivity index (χ3n) is 3.03. The van der Waals surface area contributed by atoms with Gasteiger partial charge in [0.2, 0.25) is 0 Å². The third kappa shape index (κ3) is 1.58. The first-order valence-corrected chi connectivity index (χ1v) is 5.40. The number of amides is 4. The highest BCUT2D eigenvalue weighted by Crippen LogP contribution is 2.30. The molecule has 1 aliphatic heterocycles. The Kier molecular flexibility index (Phi) is 2.88. The van der Waals surface area contributed by atoms with Crippen LogP contribution in [-0.4, -0.2) is 29.1 Å². The fourth-order valence-electron chi connectivity index (χ4n) is 2.12. The van der Waals surface area contributed by atoms with Crippen LogP contribution < -0.4 is 10.6 Å². The highest BCUT2D eigenvalue weighted by Gasteiger charge is 2.55. The topological polar surface area (TPSA) is 95.5 Å². The van der Waals surface area contributed by atoms with Crippen LogP contribution in [0.2, 0.25) is 0 Å². The largest absolute Gasteiger partial charge is 0.391 e. The summed E-state index contributed by atoms with van der Waals surface area (Å²) in [5.74, 6) is -1.64. The molecule has 2 rings (SSSR count). The second-order valence-electron chi connectivity index (χ2n) is 4.09. The van der Waals surface area contributed by atoms with Crippen LogP contribution in [0.25, 0.3) is 0 Å². The standard InChI is InChI=1S/C12H12N2O4/c1-7(15)12(8-5-3-2-4-6-8)9(16)13-11(18)14-10(12)17/h2-7,15H,1H3,(H2,13,14,16,17,18). The maximum Gasteiger partial charge on any atom is 0.328 e. The van der Waals surface area contributed by atoms with E-state index in [0.717, 1.165) is 0 Å². The number of carbonyl (C=O) groups is 3. The smallest absolute Gasteiger partial charge is 0.328 e. The van der Waals surface area contributed by atoms with Gasteiger partial charge < -0.3 is 5.11 Å². The Labute approximate surface area is 103 Å². The molecule has 1 fully saturated rings. The Morgan fingerprint density at radius 3 is 2.00 bits per heavy atom. The average Bonchev–Trinajstić information content (AvgIpc) is 2.29. The quantitative estimate of drug-likeness (QED) is 0.624. The molecule has 0 bridgehead atoms. The molecule has 1 aliphatic rings. The normalized spacial score (nSPS) is 20.0. The summed E-state index contributed by atoms with van der Waals surface area (Å²) in [5.41, 5.74) is -1.46. The Balaban J connectivity index is 2.61. The maximum absolute atomic E-state index is 12.0. The van der Waals surface area contributed by atoms with Gasteiger partial charge in [0.1, 0.15) is 0 Å². The lowest BCUT2D eigenvalue weighted by atomic mass is 9.73. The van der Waals surface area contributed by atoms with Crippen LogP contribution in [0.15, 0.2) is 30.3 Å². The van der Waals surface area contributed by atoms with Crippen molar-refractivity contribution in [2.45, 2.75) is 18.4 Å². The van der Waals surface area contributed by atoms with Crippen molar-refractivity contribution < 1.29 is 19.5 Å². The fourth-order valence-corrected chi connectivity index (χ4v) is 2.12. The lowest BCUT2D eigenvalue weighted by Gasteiger charge is -2.36. The predicted octanol–water partition coefficient (Wildman–Crippen LogP) is -0.329. The molecule has 4 amide bonds. The number of urea groups is 1. The minimum absolute atomic E-state index is 0.336. The number of carbonyl (C=O) groups excluding carboxylic acids is 3. The molecule has 0 radical (unpaired) electrons. The van der Waals surface area contributed by atoms with Crippen LogP contribution in [0.3, 0.4) is 0 Å². The zero-order valence-electron chi connectivity index (χ0n) is 9.64. The van der Waals surface area contributed by atoms with Gasteiger partial charge in [0.25, 0.3) is 11.8 Å². The van der Waals surface area contributed by atoms with Crippen LogP contribution in [-0.2, 0) is 15.0 Å². The highest BCUT2D eigenvalue weighted by atomic mass is 16.3. The molecule has 0 aliphatic carbocycles. The number of aliphatic hydroxyl groups is 1. The number of barbiturate groups is 1. The Morgan fingerprint density at radius 1 is 1.06 bits per heavy atom. The average molecular weight is 248 g/mol. The summed E-state index contributed by atoms with van der Waals surface area (Å²) >= 11 is 0. The van der Waals surface area contributed by atoms with Crippen molar-refractivity contribution in [3.63, 3.8) is 0 Å². The molecule has 1 saturated heterocycles. The van der Waals surface area contributed by atoms with Crippen molar-refractivity contribution >= 4 is 17.8 Å². The van der Waals surface area contributed by atoms with Crippen LogP contribution in [0.5, 0.6) is 0 Å². The molecule has 1 heterocycles. The Bertz CT molecular complexity index is 490. The second kappa shape index (κ2) is 4.23. The number of hydrogen-bond donors (Lipinski definition) is 3. The number of imide groups is 2. The van der Waals surface area contributed by atoms with E-state index in [2.05, 4.69) is 0 Å². The first kappa shape index (κ1) is 12.3. The van der Waals surface area contributed by atoms with Gasteiger partial charge in [-0.1, -0.05) is 30.3 Å². The lowest BCUT2D eigenvalue weighted by Crippen LogP contribution is -2.68. The van der Waals surface area contributed by atoms with Gasteiger partial charge in [-0.25, -0.2) is 4.79 Å². The minimum Gasteiger partial charge on any atom is -0.391 e. The van der Waals surface area contributed by atoms with Crippen LogP contribution in [0, 0.1) is 0 Å². The van der Waals surface area contributed by atoms with Crippen LogP contribution in [0.1, 0.15) is 12.5 Å². The lowest BCUT2D eigenvalue weighted by molar-refractivity contribution is -0.143. The minimum atomic E-state index is -1.80. The van der Waals surface area contributed by atoms with E-state index in [-0.39, 0.29) is 0 Å². The highest BCUT2D eigenvalue weighted by molar-refractivity contribution is 6.23. The van der Waals surface area contributed by atoms with Crippen molar-refractivity contribution in [3.05, 3.63) is 35.9 Å². The van der Waals surface area contributed by atoms with Crippen molar-refractivity contribution in [1.82, 2.24) is 10.6 Å². The van der Waals surface area contributed by atoms with Crippen LogP contribution >= 0.6 is 0 Å². The van der Waals surface area contributed by atoms with Gasteiger partial charge in [-0.15, -0.1) is 0 Å². The fraction of sp³-hybridized carbons (Fsp3) is 0.250. The maximum atomic E-state index is 12.0. The molecule has 6 heteroatoms.